The van der Waals surface area contributed by atoms with Crippen LogP contribution in [0.3, 0.4) is 0 Å². The Morgan fingerprint density at radius 3 is 2.44 bits per heavy atom. The van der Waals surface area contributed by atoms with Crippen molar-refractivity contribution in [3.8, 4) is 0 Å². The molecule has 1 heterocycles. The van der Waals surface area contributed by atoms with Crippen molar-refractivity contribution in [2.45, 2.75) is 12.8 Å². The number of halogens is 2. The minimum Gasteiger partial charge on any atom is -0.755 e. The Morgan fingerprint density at radius 2 is 1.76 bits per heavy atom. The zero-order chi connectivity index (χ0) is 24.2. The molecular weight excluding hydrogens is 515 g/mol. The SMILES string of the molecule is NC(=O)c1cc(Cc2ccc(Cl)cc2Cl)ccc1N(c1nsnc1Cc1ccccc1)S(=O)[O-]. The molecule has 1 amide bonds. The van der Waals surface area contributed by atoms with Crippen molar-refractivity contribution in [3.63, 3.8) is 0 Å². The first-order valence-corrected chi connectivity index (χ1v) is 12.5. The van der Waals surface area contributed by atoms with Crippen molar-refractivity contribution in [1.82, 2.24) is 8.75 Å². The van der Waals surface area contributed by atoms with Gasteiger partial charge in [-0.25, -0.2) is 0 Å². The second kappa shape index (κ2) is 10.6. The molecule has 4 rings (SSSR count). The molecule has 0 aliphatic rings. The summed E-state index contributed by atoms with van der Waals surface area (Å²) in [6, 6.07) is 19.4. The molecule has 1 aromatic heterocycles. The summed E-state index contributed by atoms with van der Waals surface area (Å²) in [5.41, 5.74) is 8.69. The van der Waals surface area contributed by atoms with Crippen LogP contribution in [-0.4, -0.2) is 23.4 Å². The van der Waals surface area contributed by atoms with Gasteiger partial charge in [-0.15, -0.1) is 0 Å². The highest BCUT2D eigenvalue weighted by atomic mass is 35.5. The Bertz CT molecular complexity index is 1370. The van der Waals surface area contributed by atoms with Crippen molar-refractivity contribution < 1.29 is 13.6 Å². The largest absolute Gasteiger partial charge is 0.755 e. The summed E-state index contributed by atoms with van der Waals surface area (Å²) < 4.78 is 34.0. The van der Waals surface area contributed by atoms with Crippen molar-refractivity contribution in [2.75, 3.05) is 4.31 Å². The Hall–Kier alpha value is -2.82. The number of benzene rings is 3. The minimum atomic E-state index is -2.79. The fourth-order valence-electron chi connectivity index (χ4n) is 3.47. The lowest BCUT2D eigenvalue weighted by atomic mass is 10.0. The number of nitrogens with zero attached hydrogens (tertiary/aromatic N) is 3. The second-order valence-corrected chi connectivity index (χ2v) is 9.51. The van der Waals surface area contributed by atoms with E-state index in [0.717, 1.165) is 32.7 Å². The van der Waals surface area contributed by atoms with E-state index >= 15 is 0 Å². The highest BCUT2D eigenvalue weighted by Gasteiger charge is 2.24. The lowest BCUT2D eigenvalue weighted by molar-refractivity contribution is 0.100. The number of carbonyl (C=O) groups is 1. The summed E-state index contributed by atoms with van der Waals surface area (Å²) in [6.07, 6.45) is 0.772. The molecule has 2 N–H and O–H groups in total. The molecule has 0 radical (unpaired) electrons. The van der Waals surface area contributed by atoms with Gasteiger partial charge in [-0.1, -0.05) is 65.7 Å². The molecule has 0 aliphatic heterocycles. The van der Waals surface area contributed by atoms with Gasteiger partial charge in [-0.05, 0) is 47.4 Å². The van der Waals surface area contributed by atoms with Gasteiger partial charge in [0.1, 0.15) is 5.69 Å². The lowest BCUT2D eigenvalue weighted by Crippen LogP contribution is -2.25. The normalized spacial score (nSPS) is 11.9. The monoisotopic (exact) mass is 531 g/mol. The van der Waals surface area contributed by atoms with Gasteiger partial charge in [-0.3, -0.25) is 13.3 Å². The highest BCUT2D eigenvalue weighted by molar-refractivity contribution is 7.81. The molecule has 0 saturated carbocycles. The number of anilines is 2. The molecule has 11 heteroatoms. The average molecular weight is 532 g/mol. The molecule has 174 valence electrons. The van der Waals surface area contributed by atoms with Crippen LogP contribution in [0.15, 0.2) is 66.7 Å². The number of nitrogens with two attached hydrogens (primary N) is 1. The molecule has 1 atom stereocenters. The maximum atomic E-state index is 12.3. The molecule has 0 spiro atoms. The van der Waals surface area contributed by atoms with E-state index in [1.807, 2.05) is 30.3 Å². The van der Waals surface area contributed by atoms with Crippen LogP contribution >= 0.6 is 34.9 Å². The summed E-state index contributed by atoms with van der Waals surface area (Å²) in [6.45, 7) is 0. The van der Waals surface area contributed by atoms with Crippen LogP contribution in [-0.2, 0) is 24.1 Å². The Labute approximate surface area is 212 Å². The van der Waals surface area contributed by atoms with Crippen LogP contribution in [0.1, 0.15) is 32.7 Å². The summed E-state index contributed by atoms with van der Waals surface area (Å²) in [4.78, 5) is 12.3. The molecule has 0 aliphatic carbocycles. The van der Waals surface area contributed by atoms with Crippen LogP contribution in [0.25, 0.3) is 0 Å². The first-order valence-electron chi connectivity index (χ1n) is 9.95. The number of rotatable bonds is 8. The Kier molecular flexibility index (Phi) is 7.60. The summed E-state index contributed by atoms with van der Waals surface area (Å²) in [5.74, 6) is -0.652. The Balaban J connectivity index is 1.72. The second-order valence-electron chi connectivity index (χ2n) is 7.34. The van der Waals surface area contributed by atoms with Gasteiger partial charge < -0.3 is 10.3 Å². The Morgan fingerprint density at radius 1 is 1.00 bits per heavy atom. The van der Waals surface area contributed by atoms with E-state index in [-0.39, 0.29) is 17.1 Å². The molecule has 7 nitrogen and oxygen atoms in total. The molecular formula is C23H17Cl2N4O3S2-. The van der Waals surface area contributed by atoms with Crippen LogP contribution in [0.4, 0.5) is 11.5 Å². The first kappa shape index (κ1) is 24.3. The van der Waals surface area contributed by atoms with E-state index in [1.54, 1.807) is 30.3 Å². The third-order valence-electron chi connectivity index (χ3n) is 5.05. The molecule has 0 fully saturated rings. The van der Waals surface area contributed by atoms with Gasteiger partial charge >= 0.3 is 0 Å². The molecule has 4 aromatic rings. The van der Waals surface area contributed by atoms with Crippen molar-refractivity contribution >= 4 is 63.6 Å². The molecule has 3 aromatic carbocycles. The van der Waals surface area contributed by atoms with E-state index in [0.29, 0.717) is 28.6 Å². The van der Waals surface area contributed by atoms with Gasteiger partial charge in [-0.2, -0.15) is 8.75 Å². The maximum Gasteiger partial charge on any atom is 0.250 e. The first-order chi connectivity index (χ1) is 16.3. The van der Waals surface area contributed by atoms with Crippen LogP contribution in [0.2, 0.25) is 10.0 Å². The zero-order valence-electron chi connectivity index (χ0n) is 17.5. The van der Waals surface area contributed by atoms with Gasteiger partial charge in [0, 0.05) is 16.5 Å². The topological polar surface area (TPSA) is 112 Å². The quantitative estimate of drug-likeness (QED) is 0.319. The van der Waals surface area contributed by atoms with Crippen LogP contribution in [0, 0.1) is 0 Å². The highest BCUT2D eigenvalue weighted by Crippen LogP contribution is 2.33. The fourth-order valence-corrected chi connectivity index (χ4v) is 5.16. The van der Waals surface area contributed by atoms with Gasteiger partial charge in [0.15, 0.2) is 5.82 Å². The summed E-state index contributed by atoms with van der Waals surface area (Å²) in [5, 5.41) is 0.997. The molecule has 0 bridgehead atoms. The number of hydrogen-bond donors (Lipinski definition) is 1. The molecule has 34 heavy (non-hydrogen) atoms. The fraction of sp³-hybridized carbons (Fsp3) is 0.0870. The van der Waals surface area contributed by atoms with Crippen molar-refractivity contribution in [3.05, 3.63) is 105 Å². The lowest BCUT2D eigenvalue weighted by Gasteiger charge is -2.26. The summed E-state index contributed by atoms with van der Waals surface area (Å²) >= 11 is 10.3. The zero-order valence-corrected chi connectivity index (χ0v) is 20.6. The van der Waals surface area contributed by atoms with Gasteiger partial charge in [0.25, 0.3) is 5.91 Å². The van der Waals surface area contributed by atoms with E-state index in [2.05, 4.69) is 8.75 Å². The van der Waals surface area contributed by atoms with Crippen LogP contribution < -0.4 is 10.0 Å². The summed E-state index contributed by atoms with van der Waals surface area (Å²) in [7, 11) is 0. The van der Waals surface area contributed by atoms with E-state index in [4.69, 9.17) is 28.9 Å². The molecule has 0 saturated heterocycles. The maximum absolute atomic E-state index is 12.3. The van der Waals surface area contributed by atoms with Crippen LogP contribution in [0.5, 0.6) is 0 Å². The third kappa shape index (κ3) is 5.45. The number of aromatic nitrogens is 2. The standard InChI is InChI=1S/C23H18Cl2N4O3S2/c24-17-8-7-16(19(25)13-17)10-15-6-9-21(18(11-15)22(26)30)29(34(31)32)23-20(27-33-28-23)12-14-4-2-1-3-5-14/h1-9,11,13H,10,12H2,(H2,26,30)(H,31,32)/p-1. The number of amides is 1. The third-order valence-corrected chi connectivity index (χ3v) is 6.86. The number of carbonyl (C=O) groups excluding carboxylic acids is 1. The van der Waals surface area contributed by atoms with Gasteiger partial charge in [0.05, 0.1) is 34.2 Å². The van der Waals surface area contributed by atoms with E-state index in [9.17, 15) is 13.6 Å². The smallest absolute Gasteiger partial charge is 0.250 e. The minimum absolute atomic E-state index is 0.0328. The predicted octanol–water partition coefficient (Wildman–Crippen LogP) is 5.06. The van der Waals surface area contributed by atoms with Gasteiger partial charge in [0.2, 0.25) is 0 Å². The van der Waals surface area contributed by atoms with Crippen molar-refractivity contribution in [1.29, 1.82) is 0 Å². The van der Waals surface area contributed by atoms with Crippen molar-refractivity contribution in [2.24, 2.45) is 5.73 Å². The van der Waals surface area contributed by atoms with E-state index < -0.39 is 17.2 Å². The average Bonchev–Trinajstić information content (AvgIpc) is 3.24. The number of hydrogen-bond acceptors (Lipinski definition) is 6. The molecule has 1 unspecified atom stereocenters. The van der Waals surface area contributed by atoms with E-state index in [1.165, 1.54) is 6.07 Å². The predicted molar refractivity (Wildman–Crippen MR) is 134 cm³/mol. The number of primary amides is 1.